The van der Waals surface area contributed by atoms with Gasteiger partial charge < -0.3 is 10.4 Å². The van der Waals surface area contributed by atoms with Gasteiger partial charge in [0.05, 0.1) is 5.56 Å². The highest BCUT2D eigenvalue weighted by molar-refractivity contribution is 9.10. The van der Waals surface area contributed by atoms with E-state index < -0.39 is 5.97 Å². The highest BCUT2D eigenvalue weighted by atomic mass is 79.9. The maximum absolute atomic E-state index is 11.7. The van der Waals surface area contributed by atoms with Gasteiger partial charge in [-0.2, -0.15) is 0 Å². The molecule has 0 aromatic heterocycles. The number of amides is 1. The van der Waals surface area contributed by atoms with Gasteiger partial charge in [-0.1, -0.05) is 22.4 Å². The Morgan fingerprint density at radius 1 is 1.29 bits per heavy atom. The van der Waals surface area contributed by atoms with Crippen LogP contribution in [0.25, 0.3) is 0 Å². The van der Waals surface area contributed by atoms with Crippen LogP contribution in [0.1, 0.15) is 29.6 Å². The molecule has 17 heavy (non-hydrogen) atoms. The highest BCUT2D eigenvalue weighted by Crippen LogP contribution is 2.28. The first-order chi connectivity index (χ1) is 8.06. The van der Waals surface area contributed by atoms with E-state index in [4.69, 9.17) is 5.11 Å². The zero-order chi connectivity index (χ0) is 12.4. The second-order valence-electron chi connectivity index (χ2n) is 4.15. The van der Waals surface area contributed by atoms with Crippen molar-refractivity contribution >= 4 is 33.5 Å². The van der Waals surface area contributed by atoms with Crippen LogP contribution < -0.4 is 5.32 Å². The molecule has 1 aliphatic rings. The van der Waals surface area contributed by atoms with Gasteiger partial charge in [0, 0.05) is 16.1 Å². The van der Waals surface area contributed by atoms with Crippen molar-refractivity contribution in [3.8, 4) is 0 Å². The summed E-state index contributed by atoms with van der Waals surface area (Å²) in [4.78, 5) is 22.6. The standard InChI is InChI=1S/C12H12BrNO3/c13-9-4-8(12(16)17)5-10(6-9)14-11(15)7-2-1-3-7/h4-7H,1-3H2,(H,14,15)(H,16,17). The molecule has 1 amide bonds. The third kappa shape index (κ3) is 2.85. The lowest BCUT2D eigenvalue weighted by Crippen LogP contribution is -2.28. The van der Waals surface area contributed by atoms with Gasteiger partial charge in [0.15, 0.2) is 0 Å². The quantitative estimate of drug-likeness (QED) is 0.901. The van der Waals surface area contributed by atoms with E-state index in [1.807, 2.05) is 0 Å². The van der Waals surface area contributed by atoms with Gasteiger partial charge in [0.25, 0.3) is 0 Å². The third-order valence-corrected chi connectivity index (χ3v) is 3.35. The molecule has 90 valence electrons. The normalized spacial score (nSPS) is 15.1. The molecular weight excluding hydrogens is 286 g/mol. The number of rotatable bonds is 3. The predicted molar refractivity (Wildman–Crippen MR) is 67.1 cm³/mol. The molecule has 0 spiro atoms. The van der Waals surface area contributed by atoms with E-state index in [9.17, 15) is 9.59 Å². The molecule has 0 aliphatic heterocycles. The number of benzene rings is 1. The van der Waals surface area contributed by atoms with Gasteiger partial charge in [-0.3, -0.25) is 4.79 Å². The average Bonchev–Trinajstić information content (AvgIpc) is 2.13. The van der Waals surface area contributed by atoms with Crippen LogP contribution in [-0.4, -0.2) is 17.0 Å². The first-order valence-electron chi connectivity index (χ1n) is 5.41. The molecule has 2 N–H and O–H groups in total. The van der Waals surface area contributed by atoms with Gasteiger partial charge in [0.1, 0.15) is 0 Å². The summed E-state index contributed by atoms with van der Waals surface area (Å²) in [5, 5.41) is 11.6. The van der Waals surface area contributed by atoms with E-state index in [-0.39, 0.29) is 17.4 Å². The molecule has 2 rings (SSSR count). The first-order valence-corrected chi connectivity index (χ1v) is 6.20. The van der Waals surface area contributed by atoms with Gasteiger partial charge in [-0.15, -0.1) is 0 Å². The minimum absolute atomic E-state index is 0.0225. The zero-order valence-electron chi connectivity index (χ0n) is 9.07. The average molecular weight is 298 g/mol. The van der Waals surface area contributed by atoms with E-state index in [2.05, 4.69) is 21.2 Å². The van der Waals surface area contributed by atoms with Crippen molar-refractivity contribution in [2.24, 2.45) is 5.92 Å². The molecule has 0 bridgehead atoms. The number of aromatic carboxylic acids is 1. The number of hydrogen-bond donors (Lipinski definition) is 2. The maximum atomic E-state index is 11.7. The number of carbonyl (C=O) groups is 2. The molecule has 0 saturated heterocycles. The highest BCUT2D eigenvalue weighted by Gasteiger charge is 2.25. The Morgan fingerprint density at radius 3 is 2.53 bits per heavy atom. The van der Waals surface area contributed by atoms with Crippen LogP contribution in [0.5, 0.6) is 0 Å². The number of hydrogen-bond acceptors (Lipinski definition) is 2. The third-order valence-electron chi connectivity index (χ3n) is 2.89. The first kappa shape index (κ1) is 12.1. The van der Waals surface area contributed by atoms with Crippen LogP contribution >= 0.6 is 15.9 Å². The summed E-state index contributed by atoms with van der Waals surface area (Å²) < 4.78 is 0.640. The lowest BCUT2D eigenvalue weighted by molar-refractivity contribution is -0.122. The lowest BCUT2D eigenvalue weighted by atomic mass is 9.85. The maximum Gasteiger partial charge on any atom is 0.335 e. The predicted octanol–water partition coefficient (Wildman–Crippen LogP) is 2.89. The zero-order valence-corrected chi connectivity index (χ0v) is 10.7. The number of anilines is 1. The van der Waals surface area contributed by atoms with Crippen molar-refractivity contribution in [1.82, 2.24) is 0 Å². The van der Waals surface area contributed by atoms with Crippen LogP contribution in [0.2, 0.25) is 0 Å². The molecule has 1 aromatic carbocycles. The van der Waals surface area contributed by atoms with Crippen molar-refractivity contribution in [3.05, 3.63) is 28.2 Å². The van der Waals surface area contributed by atoms with Crippen molar-refractivity contribution in [2.75, 3.05) is 5.32 Å². The summed E-state index contributed by atoms with van der Waals surface area (Å²) in [6.07, 6.45) is 2.94. The van der Waals surface area contributed by atoms with Crippen molar-refractivity contribution in [1.29, 1.82) is 0 Å². The van der Waals surface area contributed by atoms with Crippen molar-refractivity contribution in [2.45, 2.75) is 19.3 Å². The molecule has 1 aliphatic carbocycles. The molecule has 1 saturated carbocycles. The van der Waals surface area contributed by atoms with E-state index in [1.165, 1.54) is 12.1 Å². The number of nitrogens with one attached hydrogen (secondary N) is 1. The fourth-order valence-electron chi connectivity index (χ4n) is 1.70. The monoisotopic (exact) mass is 297 g/mol. The second kappa shape index (κ2) is 4.87. The Balaban J connectivity index is 2.14. The Morgan fingerprint density at radius 2 is 2.00 bits per heavy atom. The smallest absolute Gasteiger partial charge is 0.335 e. The van der Waals surface area contributed by atoms with Gasteiger partial charge in [0.2, 0.25) is 5.91 Å². The fourth-order valence-corrected chi connectivity index (χ4v) is 2.19. The molecule has 1 aromatic rings. The number of carboxylic acids is 1. The summed E-state index contributed by atoms with van der Waals surface area (Å²) in [6, 6.07) is 4.66. The molecule has 0 unspecified atom stereocenters. The van der Waals surface area contributed by atoms with Gasteiger partial charge in [-0.25, -0.2) is 4.79 Å². The van der Waals surface area contributed by atoms with E-state index in [1.54, 1.807) is 6.07 Å². The van der Waals surface area contributed by atoms with Crippen LogP contribution in [0.15, 0.2) is 22.7 Å². The minimum Gasteiger partial charge on any atom is -0.478 e. The fraction of sp³-hybridized carbons (Fsp3) is 0.333. The molecule has 4 nitrogen and oxygen atoms in total. The van der Waals surface area contributed by atoms with Crippen LogP contribution in [-0.2, 0) is 4.79 Å². The SMILES string of the molecule is O=C(O)c1cc(Br)cc(NC(=O)C2CCC2)c1. The van der Waals surface area contributed by atoms with Gasteiger partial charge in [-0.05, 0) is 31.0 Å². The molecular formula is C12H12BrNO3. The van der Waals surface area contributed by atoms with Crippen LogP contribution in [0.3, 0.4) is 0 Å². The Kier molecular flexibility index (Phi) is 3.47. The Labute approximate surface area is 107 Å². The molecule has 0 heterocycles. The van der Waals surface area contributed by atoms with Crippen molar-refractivity contribution in [3.63, 3.8) is 0 Å². The van der Waals surface area contributed by atoms with Crippen LogP contribution in [0, 0.1) is 5.92 Å². The number of carboxylic acid groups (broad SMARTS) is 1. The Bertz CT molecular complexity index is 469. The summed E-state index contributed by atoms with van der Waals surface area (Å²) in [6.45, 7) is 0. The minimum atomic E-state index is -1.01. The molecule has 1 fully saturated rings. The summed E-state index contributed by atoms with van der Waals surface area (Å²) in [5.41, 5.74) is 0.678. The topological polar surface area (TPSA) is 66.4 Å². The van der Waals surface area contributed by atoms with Crippen LogP contribution in [0.4, 0.5) is 5.69 Å². The number of carbonyl (C=O) groups excluding carboxylic acids is 1. The van der Waals surface area contributed by atoms with Crippen molar-refractivity contribution < 1.29 is 14.7 Å². The molecule has 5 heteroatoms. The summed E-state index contributed by atoms with van der Waals surface area (Å²) in [7, 11) is 0. The largest absolute Gasteiger partial charge is 0.478 e. The lowest BCUT2D eigenvalue weighted by Gasteiger charge is -2.24. The summed E-state index contributed by atoms with van der Waals surface area (Å²) >= 11 is 3.22. The van der Waals surface area contributed by atoms with Gasteiger partial charge >= 0.3 is 5.97 Å². The van der Waals surface area contributed by atoms with E-state index in [0.29, 0.717) is 10.2 Å². The summed E-state index contributed by atoms with van der Waals surface area (Å²) in [5.74, 6) is -0.946. The number of halogens is 1. The second-order valence-corrected chi connectivity index (χ2v) is 5.07. The van der Waals surface area contributed by atoms with E-state index >= 15 is 0 Å². The molecule has 0 radical (unpaired) electrons. The Hall–Kier alpha value is -1.36. The molecule has 0 atom stereocenters. The van der Waals surface area contributed by atoms with E-state index in [0.717, 1.165) is 19.3 Å².